The lowest BCUT2D eigenvalue weighted by Crippen LogP contribution is -2.29. The summed E-state index contributed by atoms with van der Waals surface area (Å²) in [5.74, 6) is -0.486. The van der Waals surface area contributed by atoms with Gasteiger partial charge in [0.25, 0.3) is 0 Å². The average molecular weight is 364 g/mol. The van der Waals surface area contributed by atoms with Gasteiger partial charge in [0.15, 0.2) is 0 Å². The number of rotatable bonds is 5. The maximum Gasteiger partial charge on any atom is 0.240 e. The molecule has 0 aliphatic carbocycles. The number of benzene rings is 2. The Hall–Kier alpha value is -1.96. The van der Waals surface area contributed by atoms with Gasteiger partial charge in [-0.3, -0.25) is 0 Å². The topological polar surface area (TPSA) is 69.6 Å². The summed E-state index contributed by atoms with van der Waals surface area (Å²) in [6.07, 6.45) is -0.0425. The summed E-state index contributed by atoms with van der Waals surface area (Å²) in [6, 6.07) is 9.17. The van der Waals surface area contributed by atoms with Gasteiger partial charge < -0.3 is 10.0 Å². The van der Waals surface area contributed by atoms with E-state index >= 15 is 0 Å². The van der Waals surface area contributed by atoms with Crippen LogP contribution in [0.3, 0.4) is 0 Å². The number of fused-ring (bicyclic) bond motifs is 1. The van der Waals surface area contributed by atoms with E-state index in [9.17, 15) is 17.9 Å². The Morgan fingerprint density at radius 1 is 1.28 bits per heavy atom. The van der Waals surface area contributed by atoms with Crippen molar-refractivity contribution in [2.75, 3.05) is 25.0 Å². The van der Waals surface area contributed by atoms with E-state index < -0.39 is 21.9 Å². The molecule has 1 aliphatic rings. The maximum atomic E-state index is 13.1. The summed E-state index contributed by atoms with van der Waals surface area (Å²) >= 11 is 0. The highest BCUT2D eigenvalue weighted by atomic mass is 32.2. The predicted molar refractivity (Wildman–Crippen MR) is 94.7 cm³/mol. The number of aliphatic hydroxyl groups is 1. The largest absolute Gasteiger partial charge is 0.387 e. The molecule has 0 radical (unpaired) electrons. The van der Waals surface area contributed by atoms with Crippen LogP contribution >= 0.6 is 0 Å². The van der Waals surface area contributed by atoms with Crippen molar-refractivity contribution in [3.05, 3.63) is 58.9 Å². The number of hydrogen-bond donors (Lipinski definition) is 2. The fraction of sp³-hybridized carbons (Fsp3) is 0.333. The summed E-state index contributed by atoms with van der Waals surface area (Å²) < 4.78 is 40.3. The molecule has 2 N–H and O–H groups in total. The van der Waals surface area contributed by atoms with E-state index in [1.54, 1.807) is 0 Å². The molecule has 1 atom stereocenters. The molecule has 0 amide bonds. The standard InChI is InChI=1S/C18H21FN2O3S/c1-12-9-15(19)4-6-18(12)25(23,24)20-11-17(22)14-3-5-16-13(10-14)7-8-21(16)2/h3-6,9-10,17,20,22H,7-8,11H2,1-2H3. The molecule has 0 saturated carbocycles. The van der Waals surface area contributed by atoms with Crippen LogP contribution in [0.1, 0.15) is 22.8 Å². The summed E-state index contributed by atoms with van der Waals surface area (Å²) in [4.78, 5) is 2.16. The molecule has 134 valence electrons. The number of aryl methyl sites for hydroxylation is 1. The first-order valence-electron chi connectivity index (χ1n) is 8.06. The summed E-state index contributed by atoms with van der Waals surface area (Å²) in [5, 5.41) is 10.3. The molecule has 7 heteroatoms. The van der Waals surface area contributed by atoms with E-state index in [4.69, 9.17) is 0 Å². The van der Waals surface area contributed by atoms with Gasteiger partial charge in [0.05, 0.1) is 11.0 Å². The first-order chi connectivity index (χ1) is 11.8. The molecule has 25 heavy (non-hydrogen) atoms. The van der Waals surface area contributed by atoms with Crippen molar-refractivity contribution in [1.82, 2.24) is 4.72 Å². The van der Waals surface area contributed by atoms with Gasteiger partial charge in [-0.25, -0.2) is 17.5 Å². The van der Waals surface area contributed by atoms with E-state index in [-0.39, 0.29) is 11.4 Å². The van der Waals surface area contributed by atoms with Crippen LogP contribution in [-0.4, -0.2) is 33.7 Å². The number of halogens is 1. The van der Waals surface area contributed by atoms with Crippen molar-refractivity contribution < 1.29 is 17.9 Å². The van der Waals surface area contributed by atoms with Gasteiger partial charge in [0, 0.05) is 25.8 Å². The lowest BCUT2D eigenvalue weighted by atomic mass is 10.0. The zero-order valence-electron chi connectivity index (χ0n) is 14.2. The first-order valence-corrected chi connectivity index (χ1v) is 9.54. The van der Waals surface area contributed by atoms with Crippen LogP contribution < -0.4 is 9.62 Å². The minimum Gasteiger partial charge on any atom is -0.387 e. The van der Waals surface area contributed by atoms with Gasteiger partial charge in [0.1, 0.15) is 5.82 Å². The third-order valence-corrected chi connectivity index (χ3v) is 6.09. The number of anilines is 1. The molecule has 0 fully saturated rings. The number of hydrogen-bond acceptors (Lipinski definition) is 4. The number of aliphatic hydroxyl groups excluding tert-OH is 1. The van der Waals surface area contributed by atoms with Crippen molar-refractivity contribution in [1.29, 1.82) is 0 Å². The van der Waals surface area contributed by atoms with E-state index in [0.717, 1.165) is 30.3 Å². The monoisotopic (exact) mass is 364 g/mol. The summed E-state index contributed by atoms with van der Waals surface area (Å²) in [5.41, 5.74) is 3.28. The SMILES string of the molecule is Cc1cc(F)ccc1S(=O)(=O)NCC(O)c1ccc2c(c1)CCN2C. The highest BCUT2D eigenvalue weighted by molar-refractivity contribution is 7.89. The summed E-state index contributed by atoms with van der Waals surface area (Å²) in [7, 11) is -1.80. The molecule has 0 aromatic heterocycles. The van der Waals surface area contributed by atoms with E-state index in [1.807, 2.05) is 25.2 Å². The summed E-state index contributed by atoms with van der Waals surface area (Å²) in [6.45, 7) is 2.32. The second-order valence-electron chi connectivity index (χ2n) is 6.34. The van der Waals surface area contributed by atoms with E-state index in [2.05, 4.69) is 9.62 Å². The lowest BCUT2D eigenvalue weighted by Gasteiger charge is -2.16. The number of likely N-dealkylation sites (N-methyl/N-ethyl adjacent to an activating group) is 1. The molecule has 1 unspecified atom stereocenters. The Morgan fingerprint density at radius 3 is 2.76 bits per heavy atom. The quantitative estimate of drug-likeness (QED) is 0.853. The Morgan fingerprint density at radius 2 is 2.04 bits per heavy atom. The Kier molecular flexibility index (Phi) is 4.81. The third kappa shape index (κ3) is 3.68. The zero-order chi connectivity index (χ0) is 18.2. The van der Waals surface area contributed by atoms with Gasteiger partial charge in [-0.15, -0.1) is 0 Å². The van der Waals surface area contributed by atoms with Crippen molar-refractivity contribution in [2.45, 2.75) is 24.3 Å². The van der Waals surface area contributed by atoms with E-state index in [1.165, 1.54) is 19.1 Å². The Balaban J connectivity index is 1.72. The molecule has 2 aromatic carbocycles. The van der Waals surface area contributed by atoms with Crippen LogP contribution in [0, 0.1) is 12.7 Å². The maximum absolute atomic E-state index is 13.1. The molecule has 0 saturated heterocycles. The van der Waals surface area contributed by atoms with Gasteiger partial charge in [-0.2, -0.15) is 0 Å². The molecular weight excluding hydrogens is 343 g/mol. The van der Waals surface area contributed by atoms with E-state index in [0.29, 0.717) is 11.1 Å². The van der Waals surface area contributed by atoms with Gasteiger partial charge in [-0.1, -0.05) is 12.1 Å². The highest BCUT2D eigenvalue weighted by Gasteiger charge is 2.21. The molecule has 1 heterocycles. The van der Waals surface area contributed by atoms with Crippen LogP contribution in [-0.2, 0) is 16.4 Å². The molecule has 0 spiro atoms. The van der Waals surface area contributed by atoms with Gasteiger partial charge >= 0.3 is 0 Å². The number of sulfonamides is 1. The first kappa shape index (κ1) is 17.8. The Bertz CT molecular complexity index is 899. The fourth-order valence-corrected chi connectivity index (χ4v) is 4.36. The van der Waals surface area contributed by atoms with Crippen molar-refractivity contribution in [3.63, 3.8) is 0 Å². The number of nitrogens with one attached hydrogen (secondary N) is 1. The number of nitrogens with zero attached hydrogens (tertiary/aromatic N) is 1. The predicted octanol–water partition coefficient (Wildman–Crippen LogP) is 2.14. The van der Waals surface area contributed by atoms with Crippen LogP contribution in [0.4, 0.5) is 10.1 Å². The van der Waals surface area contributed by atoms with Crippen molar-refractivity contribution in [3.8, 4) is 0 Å². The van der Waals surface area contributed by atoms with Crippen LogP contribution in [0.15, 0.2) is 41.3 Å². The highest BCUT2D eigenvalue weighted by Crippen LogP contribution is 2.29. The minimum atomic E-state index is -3.82. The molecule has 0 bridgehead atoms. The second kappa shape index (κ2) is 6.74. The molecule has 1 aliphatic heterocycles. The normalized spacial score (nSPS) is 15.3. The van der Waals surface area contributed by atoms with Gasteiger partial charge in [-0.05, 0) is 54.3 Å². The molecule has 2 aromatic rings. The molecule has 3 rings (SSSR count). The van der Waals surface area contributed by atoms with Crippen LogP contribution in [0.25, 0.3) is 0 Å². The zero-order valence-corrected chi connectivity index (χ0v) is 15.0. The lowest BCUT2D eigenvalue weighted by molar-refractivity contribution is 0.182. The van der Waals surface area contributed by atoms with Crippen molar-refractivity contribution >= 4 is 15.7 Å². The second-order valence-corrected chi connectivity index (χ2v) is 8.07. The van der Waals surface area contributed by atoms with Gasteiger partial charge in [0.2, 0.25) is 10.0 Å². The van der Waals surface area contributed by atoms with Crippen molar-refractivity contribution in [2.24, 2.45) is 0 Å². The average Bonchev–Trinajstić information content (AvgIpc) is 2.93. The van der Waals surface area contributed by atoms with Crippen LogP contribution in [0.2, 0.25) is 0 Å². The van der Waals surface area contributed by atoms with Crippen LogP contribution in [0.5, 0.6) is 0 Å². The minimum absolute atomic E-state index is 0.0108. The molecule has 5 nitrogen and oxygen atoms in total. The smallest absolute Gasteiger partial charge is 0.240 e. The molecular formula is C18H21FN2O3S. The fourth-order valence-electron chi connectivity index (χ4n) is 3.09. The Labute approximate surface area is 147 Å². The third-order valence-electron chi connectivity index (χ3n) is 4.51.